The number of carbonyl (C=O) groups excluding carboxylic acids is 1. The number of carbonyl (C=O) groups is 1. The fourth-order valence-corrected chi connectivity index (χ4v) is 5.26. The third-order valence-corrected chi connectivity index (χ3v) is 7.09. The monoisotopic (exact) mass is 446 g/mol. The van der Waals surface area contributed by atoms with Crippen molar-refractivity contribution in [3.05, 3.63) is 95.7 Å². The van der Waals surface area contributed by atoms with Crippen LogP contribution in [0.5, 0.6) is 0 Å². The molecule has 0 bridgehead atoms. The van der Waals surface area contributed by atoms with Crippen molar-refractivity contribution in [3.63, 3.8) is 0 Å². The Kier molecular flexibility index (Phi) is 5.16. The molecule has 0 spiro atoms. The summed E-state index contributed by atoms with van der Waals surface area (Å²) < 4.78 is 27.7. The molecule has 3 aromatic carbocycles. The van der Waals surface area contributed by atoms with Gasteiger partial charge in [0.05, 0.1) is 5.69 Å². The first-order valence-electron chi connectivity index (χ1n) is 10.3. The van der Waals surface area contributed by atoms with Crippen LogP contribution in [0, 0.1) is 0 Å². The van der Waals surface area contributed by atoms with Crippen molar-refractivity contribution in [2.45, 2.75) is 17.5 Å². The number of aromatic amines is 1. The molecule has 8 heteroatoms. The Morgan fingerprint density at radius 1 is 0.938 bits per heavy atom. The number of hydrogen-bond donors (Lipinski definition) is 4. The molecule has 1 aliphatic rings. The number of nitrogens with one attached hydrogen (secondary N) is 4. The maximum Gasteiger partial charge on any atom is 0.251 e. The number of H-pyrrole nitrogens is 1. The quantitative estimate of drug-likeness (QED) is 0.376. The van der Waals surface area contributed by atoms with E-state index in [1.807, 2.05) is 24.4 Å². The second-order valence-electron chi connectivity index (χ2n) is 7.68. The number of hydrogen-bond acceptors (Lipinski definition) is 4. The summed E-state index contributed by atoms with van der Waals surface area (Å²) in [7, 11) is -3.61. The average Bonchev–Trinajstić information content (AvgIpc) is 3.22. The number of sulfonamides is 1. The molecule has 1 amide bonds. The van der Waals surface area contributed by atoms with Crippen LogP contribution >= 0.6 is 0 Å². The summed E-state index contributed by atoms with van der Waals surface area (Å²) in [6.45, 7) is 0.517. The molecule has 0 unspecified atom stereocenters. The van der Waals surface area contributed by atoms with E-state index >= 15 is 0 Å². The number of anilines is 1. The number of rotatable bonds is 5. The molecule has 1 aliphatic heterocycles. The van der Waals surface area contributed by atoms with Crippen molar-refractivity contribution in [2.75, 3.05) is 11.9 Å². The van der Waals surface area contributed by atoms with Gasteiger partial charge in [-0.1, -0.05) is 42.5 Å². The molecule has 4 aromatic rings. The van der Waals surface area contributed by atoms with E-state index in [0.29, 0.717) is 17.8 Å². The van der Waals surface area contributed by atoms with Crippen LogP contribution in [0.4, 0.5) is 5.69 Å². The fraction of sp³-hybridized carbons (Fsp3) is 0.125. The number of para-hydroxylation sites is 2. The number of aromatic nitrogens is 1. The van der Waals surface area contributed by atoms with E-state index in [0.717, 1.165) is 28.5 Å². The molecule has 2 heterocycles. The molecular formula is C24H22N4O3S. The van der Waals surface area contributed by atoms with E-state index in [2.05, 4.69) is 26.4 Å². The molecule has 0 fully saturated rings. The average molecular weight is 447 g/mol. The Bertz CT molecular complexity index is 1390. The van der Waals surface area contributed by atoms with Gasteiger partial charge in [-0.3, -0.25) is 4.79 Å². The summed E-state index contributed by atoms with van der Waals surface area (Å²) in [5.74, 6) is -0.168. The maximum absolute atomic E-state index is 12.5. The summed E-state index contributed by atoms with van der Waals surface area (Å²) in [4.78, 5) is 16.0. The topological polar surface area (TPSA) is 103 Å². The van der Waals surface area contributed by atoms with Crippen LogP contribution in [0.2, 0.25) is 0 Å². The highest BCUT2D eigenvalue weighted by atomic mass is 32.2. The lowest BCUT2D eigenvalue weighted by Crippen LogP contribution is -2.38. The molecule has 0 aliphatic carbocycles. The third kappa shape index (κ3) is 3.86. The second kappa shape index (κ2) is 8.14. The van der Waals surface area contributed by atoms with Gasteiger partial charge in [-0.25, -0.2) is 8.42 Å². The first kappa shape index (κ1) is 20.3. The number of fused-ring (bicyclic) bond motifs is 2. The van der Waals surface area contributed by atoms with E-state index in [1.165, 1.54) is 0 Å². The van der Waals surface area contributed by atoms with Crippen molar-refractivity contribution >= 4 is 32.5 Å². The van der Waals surface area contributed by atoms with Crippen molar-refractivity contribution < 1.29 is 13.2 Å². The smallest absolute Gasteiger partial charge is 0.251 e. The summed E-state index contributed by atoms with van der Waals surface area (Å²) in [5.41, 5.74) is 4.03. The van der Waals surface area contributed by atoms with Gasteiger partial charge in [-0.2, -0.15) is 4.72 Å². The zero-order chi connectivity index (χ0) is 22.1. The van der Waals surface area contributed by atoms with Crippen LogP contribution < -0.4 is 15.4 Å². The normalized spacial score (nSPS) is 16.8. The molecule has 7 nitrogen and oxygen atoms in total. The maximum atomic E-state index is 12.5. The van der Waals surface area contributed by atoms with Gasteiger partial charge >= 0.3 is 0 Å². The first-order chi connectivity index (χ1) is 15.5. The predicted molar refractivity (Wildman–Crippen MR) is 124 cm³/mol. The van der Waals surface area contributed by atoms with Gasteiger partial charge in [-0.05, 0) is 47.9 Å². The van der Waals surface area contributed by atoms with Crippen LogP contribution in [0.3, 0.4) is 0 Å². The minimum atomic E-state index is -3.61. The lowest BCUT2D eigenvalue weighted by Gasteiger charge is -2.28. The molecule has 162 valence electrons. The molecule has 1 aromatic heterocycles. The minimum absolute atomic E-state index is 0.168. The molecular weight excluding hydrogens is 424 g/mol. The van der Waals surface area contributed by atoms with Crippen LogP contribution in [-0.4, -0.2) is 25.9 Å². The lowest BCUT2D eigenvalue weighted by molar-refractivity contribution is 0.0954. The van der Waals surface area contributed by atoms with Gasteiger partial charge in [0.25, 0.3) is 5.91 Å². The molecule has 0 radical (unpaired) electrons. The summed E-state index contributed by atoms with van der Waals surface area (Å²) in [6.07, 6.45) is 2.09. The summed E-state index contributed by atoms with van der Waals surface area (Å²) in [6, 6.07) is 21.7. The van der Waals surface area contributed by atoms with Crippen molar-refractivity contribution in [3.8, 4) is 0 Å². The SMILES string of the molecule is O=C(NCCc1c[nH]c2ccccc12)c1ccc([C@H]2Nc3ccccc3S(=O)(=O)N2)cc1. The molecule has 0 saturated heterocycles. The minimum Gasteiger partial charge on any atom is -0.364 e. The third-order valence-electron chi connectivity index (χ3n) is 5.61. The van der Waals surface area contributed by atoms with E-state index < -0.39 is 16.2 Å². The largest absolute Gasteiger partial charge is 0.364 e. The zero-order valence-corrected chi connectivity index (χ0v) is 17.9. The van der Waals surface area contributed by atoms with Gasteiger partial charge in [0.1, 0.15) is 11.1 Å². The van der Waals surface area contributed by atoms with Crippen molar-refractivity contribution in [2.24, 2.45) is 0 Å². The standard InChI is InChI=1S/C24H22N4O3S/c29-24(25-14-13-18-15-26-20-6-2-1-5-19(18)20)17-11-9-16(10-12-17)23-27-21-7-3-4-8-22(21)32(30,31)28-23/h1-12,15,23,26-28H,13-14H2,(H,25,29)/t23-/m0/s1. The fourth-order valence-electron chi connectivity index (χ4n) is 3.95. The Labute approximate surface area is 185 Å². The zero-order valence-electron chi connectivity index (χ0n) is 17.1. The van der Waals surface area contributed by atoms with Crippen molar-refractivity contribution in [1.82, 2.24) is 15.0 Å². The highest BCUT2D eigenvalue weighted by Gasteiger charge is 2.29. The van der Waals surface area contributed by atoms with Crippen LogP contribution in [-0.2, 0) is 16.4 Å². The second-order valence-corrected chi connectivity index (χ2v) is 9.36. The molecule has 1 atom stereocenters. The first-order valence-corrected chi connectivity index (χ1v) is 11.8. The van der Waals surface area contributed by atoms with E-state index in [1.54, 1.807) is 48.5 Å². The van der Waals surface area contributed by atoms with Gasteiger partial charge < -0.3 is 15.6 Å². The van der Waals surface area contributed by atoms with Gasteiger partial charge in [0, 0.05) is 29.2 Å². The summed E-state index contributed by atoms with van der Waals surface area (Å²) in [5, 5.41) is 7.30. The Hall–Kier alpha value is -3.62. The highest BCUT2D eigenvalue weighted by Crippen LogP contribution is 2.30. The lowest BCUT2D eigenvalue weighted by atomic mass is 10.1. The summed E-state index contributed by atoms with van der Waals surface area (Å²) >= 11 is 0. The van der Waals surface area contributed by atoms with Crippen LogP contribution in [0.25, 0.3) is 10.9 Å². The van der Waals surface area contributed by atoms with Crippen LogP contribution in [0.1, 0.15) is 27.7 Å². The van der Waals surface area contributed by atoms with Gasteiger partial charge in [0.15, 0.2) is 0 Å². The molecule has 5 rings (SSSR count). The van der Waals surface area contributed by atoms with Crippen LogP contribution in [0.15, 0.2) is 83.9 Å². The molecule has 0 saturated carbocycles. The van der Waals surface area contributed by atoms with E-state index in [9.17, 15) is 13.2 Å². The molecule has 4 N–H and O–H groups in total. The molecule has 32 heavy (non-hydrogen) atoms. The Balaban J connectivity index is 1.23. The number of amides is 1. The predicted octanol–water partition coefficient (Wildman–Crippen LogP) is 3.54. The number of benzene rings is 3. The van der Waals surface area contributed by atoms with Gasteiger partial charge in [-0.15, -0.1) is 0 Å². The Morgan fingerprint density at radius 2 is 1.69 bits per heavy atom. The Morgan fingerprint density at radius 3 is 2.53 bits per heavy atom. The highest BCUT2D eigenvalue weighted by molar-refractivity contribution is 7.89. The van der Waals surface area contributed by atoms with E-state index in [-0.39, 0.29) is 10.8 Å². The van der Waals surface area contributed by atoms with Crippen molar-refractivity contribution in [1.29, 1.82) is 0 Å². The van der Waals surface area contributed by atoms with Gasteiger partial charge in [0.2, 0.25) is 10.0 Å². The van der Waals surface area contributed by atoms with E-state index in [4.69, 9.17) is 0 Å².